The lowest BCUT2D eigenvalue weighted by Gasteiger charge is -2.14. The summed E-state index contributed by atoms with van der Waals surface area (Å²) in [5.41, 5.74) is 8.99. The van der Waals surface area contributed by atoms with Gasteiger partial charge in [0.15, 0.2) is 0 Å². The van der Waals surface area contributed by atoms with Crippen molar-refractivity contribution in [1.82, 2.24) is 10.9 Å². The number of hydrazine groups is 1. The molecule has 0 aromatic heterocycles. The van der Waals surface area contributed by atoms with Crippen LogP contribution in [0.15, 0.2) is 83.8 Å². The zero-order valence-corrected chi connectivity index (χ0v) is 17.8. The number of amides is 1. The molecule has 1 aliphatic rings. The molecule has 7 nitrogen and oxygen atoms in total. The van der Waals surface area contributed by atoms with Crippen LogP contribution in [0.2, 0.25) is 0 Å². The number of aryl methyl sites for hydroxylation is 1. The van der Waals surface area contributed by atoms with Crippen LogP contribution in [0.4, 0.5) is 11.4 Å². The molecule has 2 unspecified atom stereocenters. The Hall–Kier alpha value is -3.20. The van der Waals surface area contributed by atoms with E-state index >= 15 is 0 Å². The third-order valence-electron chi connectivity index (χ3n) is 5.22. The van der Waals surface area contributed by atoms with Crippen LogP contribution in [0.5, 0.6) is 0 Å². The van der Waals surface area contributed by atoms with Gasteiger partial charge in [-0.2, -0.15) is 0 Å². The number of carbonyl (C=O) groups is 1. The van der Waals surface area contributed by atoms with Crippen LogP contribution in [0.1, 0.15) is 23.6 Å². The third-order valence-corrected chi connectivity index (χ3v) is 6.61. The average molecular weight is 437 g/mol. The Morgan fingerprint density at radius 1 is 0.935 bits per heavy atom. The number of sulfonamides is 1. The Kier molecular flexibility index (Phi) is 6.03. The lowest BCUT2D eigenvalue weighted by molar-refractivity contribution is -0.117. The molecule has 0 spiro atoms. The zero-order valence-electron chi connectivity index (χ0n) is 17.0. The van der Waals surface area contributed by atoms with Crippen molar-refractivity contribution >= 4 is 27.3 Å². The molecule has 0 bridgehead atoms. The van der Waals surface area contributed by atoms with Gasteiger partial charge >= 0.3 is 0 Å². The van der Waals surface area contributed by atoms with E-state index in [1.807, 2.05) is 30.3 Å². The van der Waals surface area contributed by atoms with E-state index < -0.39 is 16.1 Å². The first-order chi connectivity index (χ1) is 14.9. The van der Waals surface area contributed by atoms with Gasteiger partial charge in [-0.1, -0.05) is 54.6 Å². The average Bonchev–Trinajstić information content (AvgIpc) is 3.28. The summed E-state index contributed by atoms with van der Waals surface area (Å²) >= 11 is 0. The van der Waals surface area contributed by atoms with E-state index in [4.69, 9.17) is 0 Å². The molecule has 1 saturated heterocycles. The number of rotatable bonds is 6. The van der Waals surface area contributed by atoms with Crippen molar-refractivity contribution in [1.29, 1.82) is 0 Å². The summed E-state index contributed by atoms with van der Waals surface area (Å²) < 4.78 is 27.9. The van der Waals surface area contributed by atoms with Crippen LogP contribution in [0.3, 0.4) is 0 Å². The SMILES string of the molecule is Cc1ccc(NC(=O)C2CC(c3ccccc3)NN2)cc1NS(=O)(=O)c1ccccc1. The van der Waals surface area contributed by atoms with E-state index in [2.05, 4.69) is 20.9 Å². The second kappa shape index (κ2) is 8.89. The highest BCUT2D eigenvalue weighted by Crippen LogP contribution is 2.25. The summed E-state index contributed by atoms with van der Waals surface area (Å²) in [7, 11) is -3.72. The normalized spacial score (nSPS) is 18.5. The van der Waals surface area contributed by atoms with Gasteiger partial charge in [-0.25, -0.2) is 19.3 Å². The summed E-state index contributed by atoms with van der Waals surface area (Å²) in [6.45, 7) is 1.81. The van der Waals surface area contributed by atoms with Gasteiger partial charge in [0.1, 0.15) is 6.04 Å². The lowest BCUT2D eigenvalue weighted by atomic mass is 10.0. The Morgan fingerprint density at radius 2 is 1.61 bits per heavy atom. The van der Waals surface area contributed by atoms with Crippen molar-refractivity contribution in [3.05, 3.63) is 90.0 Å². The van der Waals surface area contributed by atoms with E-state index in [9.17, 15) is 13.2 Å². The Balaban J connectivity index is 1.44. The summed E-state index contributed by atoms with van der Waals surface area (Å²) in [5, 5.41) is 2.87. The predicted octanol–water partition coefficient (Wildman–Crippen LogP) is 3.34. The van der Waals surface area contributed by atoms with E-state index in [1.54, 1.807) is 43.3 Å². The molecule has 8 heteroatoms. The first kappa shape index (κ1) is 21.0. The summed E-state index contributed by atoms with van der Waals surface area (Å²) in [6.07, 6.45) is 0.606. The van der Waals surface area contributed by atoms with Crippen LogP contribution in [-0.2, 0) is 14.8 Å². The maximum Gasteiger partial charge on any atom is 0.261 e. The first-order valence-electron chi connectivity index (χ1n) is 9.98. The number of nitrogens with one attached hydrogen (secondary N) is 4. The second-order valence-corrected chi connectivity index (χ2v) is 9.16. The van der Waals surface area contributed by atoms with Gasteiger partial charge in [-0.05, 0) is 48.7 Å². The molecule has 1 amide bonds. The van der Waals surface area contributed by atoms with Crippen LogP contribution in [-0.4, -0.2) is 20.4 Å². The van der Waals surface area contributed by atoms with E-state index in [1.165, 1.54) is 12.1 Å². The minimum absolute atomic E-state index is 0.0446. The number of hydrogen-bond donors (Lipinski definition) is 4. The Bertz CT molecular complexity index is 1170. The topological polar surface area (TPSA) is 99.3 Å². The fourth-order valence-electron chi connectivity index (χ4n) is 3.47. The van der Waals surface area contributed by atoms with Gasteiger partial charge in [0.2, 0.25) is 5.91 Å². The maximum atomic E-state index is 12.7. The van der Waals surface area contributed by atoms with Gasteiger partial charge in [0.05, 0.1) is 10.6 Å². The van der Waals surface area contributed by atoms with Crippen molar-refractivity contribution in [2.45, 2.75) is 30.3 Å². The van der Waals surface area contributed by atoms with Gasteiger partial charge in [-0.15, -0.1) is 0 Å². The van der Waals surface area contributed by atoms with E-state index in [0.29, 0.717) is 17.8 Å². The summed E-state index contributed by atoms with van der Waals surface area (Å²) in [4.78, 5) is 12.9. The number of benzene rings is 3. The summed E-state index contributed by atoms with van der Waals surface area (Å²) in [5.74, 6) is -0.188. The van der Waals surface area contributed by atoms with Crippen LogP contribution in [0, 0.1) is 6.92 Å². The highest BCUT2D eigenvalue weighted by atomic mass is 32.2. The van der Waals surface area contributed by atoms with Crippen molar-refractivity contribution in [2.75, 3.05) is 10.0 Å². The molecule has 1 aliphatic heterocycles. The largest absolute Gasteiger partial charge is 0.325 e. The molecule has 31 heavy (non-hydrogen) atoms. The van der Waals surface area contributed by atoms with Gasteiger partial charge in [-0.3, -0.25) is 9.52 Å². The Morgan fingerprint density at radius 3 is 2.32 bits per heavy atom. The predicted molar refractivity (Wildman–Crippen MR) is 121 cm³/mol. The zero-order chi connectivity index (χ0) is 21.8. The molecule has 4 rings (SSSR count). The quantitative estimate of drug-likeness (QED) is 0.475. The number of hydrogen-bond acceptors (Lipinski definition) is 5. The summed E-state index contributed by atoms with van der Waals surface area (Å²) in [6, 6.07) is 22.9. The fourth-order valence-corrected chi connectivity index (χ4v) is 4.62. The Labute approximate surface area is 181 Å². The van der Waals surface area contributed by atoms with Crippen LogP contribution >= 0.6 is 0 Å². The van der Waals surface area contributed by atoms with Crippen LogP contribution < -0.4 is 20.9 Å². The van der Waals surface area contributed by atoms with Crippen LogP contribution in [0.25, 0.3) is 0 Å². The monoisotopic (exact) mass is 436 g/mol. The molecule has 160 valence electrons. The molecular weight excluding hydrogens is 412 g/mol. The molecule has 1 fully saturated rings. The minimum Gasteiger partial charge on any atom is -0.325 e. The molecule has 3 aromatic rings. The molecule has 0 saturated carbocycles. The van der Waals surface area contributed by atoms with Crippen molar-refractivity contribution < 1.29 is 13.2 Å². The molecule has 1 heterocycles. The standard InChI is InChI=1S/C23H24N4O3S/c1-16-12-13-18(14-20(16)27-31(29,30)19-10-6-3-7-11-19)24-23(28)22-15-21(25-26-22)17-8-4-2-5-9-17/h2-14,21-22,25-27H,15H2,1H3,(H,24,28). The fraction of sp³-hybridized carbons (Fsp3) is 0.174. The van der Waals surface area contributed by atoms with Crippen molar-refractivity contribution in [3.8, 4) is 0 Å². The van der Waals surface area contributed by atoms with Crippen molar-refractivity contribution in [2.24, 2.45) is 0 Å². The second-order valence-electron chi connectivity index (χ2n) is 7.48. The third kappa shape index (κ3) is 4.93. The van der Waals surface area contributed by atoms with Gasteiger partial charge in [0.25, 0.3) is 10.0 Å². The number of anilines is 2. The molecule has 0 radical (unpaired) electrons. The minimum atomic E-state index is -3.72. The lowest BCUT2D eigenvalue weighted by Crippen LogP contribution is -2.39. The number of carbonyl (C=O) groups excluding carboxylic acids is 1. The highest BCUT2D eigenvalue weighted by Gasteiger charge is 2.30. The van der Waals surface area contributed by atoms with E-state index in [-0.39, 0.29) is 16.8 Å². The molecule has 2 atom stereocenters. The first-order valence-corrected chi connectivity index (χ1v) is 11.5. The van der Waals surface area contributed by atoms with Gasteiger partial charge < -0.3 is 5.32 Å². The highest BCUT2D eigenvalue weighted by molar-refractivity contribution is 7.92. The molecule has 3 aromatic carbocycles. The molecule has 0 aliphatic carbocycles. The molecule has 4 N–H and O–H groups in total. The van der Waals surface area contributed by atoms with Gasteiger partial charge in [0, 0.05) is 11.7 Å². The van der Waals surface area contributed by atoms with Crippen molar-refractivity contribution in [3.63, 3.8) is 0 Å². The maximum absolute atomic E-state index is 12.7. The smallest absolute Gasteiger partial charge is 0.261 e. The molecular formula is C23H24N4O3S. The van der Waals surface area contributed by atoms with E-state index in [0.717, 1.165) is 11.1 Å².